The number of imidazole rings is 1. The molecule has 1 aromatic carbocycles. The molecule has 1 amide bonds. The molecule has 164 valence electrons. The van der Waals surface area contributed by atoms with Gasteiger partial charge >= 0.3 is 6.18 Å². The number of rotatable bonds is 4. The summed E-state index contributed by atoms with van der Waals surface area (Å²) in [6, 6.07) is 4.17. The fourth-order valence-corrected chi connectivity index (χ4v) is 2.92. The molecular formula is C19H11F5N6O2. The second-order valence-corrected chi connectivity index (χ2v) is 6.32. The zero-order chi connectivity index (χ0) is 23.0. The monoisotopic (exact) mass is 450 g/mol. The highest BCUT2D eigenvalue weighted by molar-refractivity contribution is 6.04. The molecule has 0 aliphatic heterocycles. The summed E-state index contributed by atoms with van der Waals surface area (Å²) in [6.45, 7) is 0. The van der Waals surface area contributed by atoms with Crippen LogP contribution in [0.1, 0.15) is 16.2 Å². The second kappa shape index (κ2) is 7.83. The molecule has 4 aromatic rings. The quantitative estimate of drug-likeness (QED) is 0.476. The van der Waals surface area contributed by atoms with Crippen LogP contribution < -0.4 is 10.1 Å². The molecule has 32 heavy (non-hydrogen) atoms. The van der Waals surface area contributed by atoms with Crippen LogP contribution in [-0.2, 0) is 6.18 Å². The average Bonchev–Trinajstić information content (AvgIpc) is 3.13. The number of amides is 1. The Morgan fingerprint density at radius 3 is 2.38 bits per heavy atom. The number of aromatic nitrogens is 5. The van der Waals surface area contributed by atoms with E-state index in [4.69, 9.17) is 4.74 Å². The molecule has 3 heterocycles. The van der Waals surface area contributed by atoms with Crippen LogP contribution in [0.3, 0.4) is 0 Å². The van der Waals surface area contributed by atoms with E-state index in [1.165, 1.54) is 25.3 Å². The largest absolute Gasteiger partial charge is 0.497 e. The van der Waals surface area contributed by atoms with Crippen molar-refractivity contribution in [1.82, 2.24) is 24.5 Å². The Kier molecular flexibility index (Phi) is 5.16. The van der Waals surface area contributed by atoms with Crippen molar-refractivity contribution < 1.29 is 31.5 Å². The SMILES string of the molecule is COc1ccc2c(c1)nc(C(F)(F)F)n2-c1cnc(NC(=O)c2c(F)cncc2F)cn1. The molecule has 13 heteroatoms. The van der Waals surface area contributed by atoms with Gasteiger partial charge in [0, 0.05) is 6.07 Å². The number of alkyl halides is 3. The predicted molar refractivity (Wildman–Crippen MR) is 100 cm³/mol. The van der Waals surface area contributed by atoms with Crippen molar-refractivity contribution in [3.63, 3.8) is 0 Å². The number of carbonyl (C=O) groups is 1. The molecule has 0 spiro atoms. The van der Waals surface area contributed by atoms with Crippen LogP contribution in [0.15, 0.2) is 43.0 Å². The Bertz CT molecular complexity index is 1300. The van der Waals surface area contributed by atoms with Crippen molar-refractivity contribution in [2.24, 2.45) is 0 Å². The molecule has 4 rings (SSSR count). The van der Waals surface area contributed by atoms with Crippen molar-refractivity contribution in [3.8, 4) is 11.6 Å². The van der Waals surface area contributed by atoms with E-state index in [1.807, 2.05) is 0 Å². The summed E-state index contributed by atoms with van der Waals surface area (Å²) in [7, 11) is 1.37. The van der Waals surface area contributed by atoms with Crippen LogP contribution in [0.25, 0.3) is 16.9 Å². The molecule has 3 aromatic heterocycles. The zero-order valence-corrected chi connectivity index (χ0v) is 16.0. The number of ether oxygens (including phenoxy) is 1. The van der Waals surface area contributed by atoms with E-state index in [0.29, 0.717) is 18.1 Å². The number of hydrogen-bond donors (Lipinski definition) is 1. The van der Waals surface area contributed by atoms with Crippen molar-refractivity contribution in [3.05, 3.63) is 66.0 Å². The minimum Gasteiger partial charge on any atom is -0.497 e. The van der Waals surface area contributed by atoms with E-state index in [2.05, 4.69) is 25.3 Å². The van der Waals surface area contributed by atoms with Gasteiger partial charge in [0.2, 0.25) is 5.82 Å². The first-order valence-corrected chi connectivity index (χ1v) is 8.75. The lowest BCUT2D eigenvalue weighted by molar-refractivity contribution is -0.145. The summed E-state index contributed by atoms with van der Waals surface area (Å²) in [5, 5.41) is 2.13. The van der Waals surface area contributed by atoms with E-state index in [1.54, 1.807) is 0 Å². The first kappa shape index (κ1) is 21.1. The van der Waals surface area contributed by atoms with Gasteiger partial charge in [-0.3, -0.25) is 14.3 Å². The summed E-state index contributed by atoms with van der Waals surface area (Å²) in [5.74, 6) is -4.97. The predicted octanol–water partition coefficient (Wildman–Crippen LogP) is 3.77. The van der Waals surface area contributed by atoms with Crippen molar-refractivity contribution in [2.75, 3.05) is 12.4 Å². The highest BCUT2D eigenvalue weighted by Crippen LogP contribution is 2.34. The van der Waals surface area contributed by atoms with Crippen LogP contribution in [0.4, 0.5) is 27.8 Å². The Balaban J connectivity index is 1.71. The number of hydrogen-bond acceptors (Lipinski definition) is 6. The third-order valence-corrected chi connectivity index (χ3v) is 4.30. The van der Waals surface area contributed by atoms with E-state index in [-0.39, 0.29) is 22.7 Å². The molecule has 0 saturated carbocycles. The summed E-state index contributed by atoms with van der Waals surface area (Å²) in [6.07, 6.45) is -1.60. The second-order valence-electron chi connectivity index (χ2n) is 6.32. The number of halogens is 5. The maximum Gasteiger partial charge on any atom is 0.450 e. The zero-order valence-electron chi connectivity index (χ0n) is 16.0. The summed E-state index contributed by atoms with van der Waals surface area (Å²) in [5.41, 5.74) is -0.788. The Morgan fingerprint density at radius 1 is 1.06 bits per heavy atom. The maximum absolute atomic E-state index is 13.7. The number of fused-ring (bicyclic) bond motifs is 1. The van der Waals surface area contributed by atoms with E-state index < -0.39 is 35.1 Å². The molecule has 0 aliphatic carbocycles. The number of methoxy groups -OCH3 is 1. The first-order valence-electron chi connectivity index (χ1n) is 8.75. The number of pyridine rings is 1. The number of carbonyl (C=O) groups excluding carboxylic acids is 1. The van der Waals surface area contributed by atoms with Crippen LogP contribution in [0.2, 0.25) is 0 Å². The van der Waals surface area contributed by atoms with E-state index in [9.17, 15) is 26.7 Å². The van der Waals surface area contributed by atoms with Gasteiger partial charge in [0.1, 0.15) is 11.3 Å². The fraction of sp³-hybridized carbons (Fsp3) is 0.105. The van der Waals surface area contributed by atoms with Gasteiger partial charge in [-0.2, -0.15) is 13.2 Å². The third kappa shape index (κ3) is 3.79. The lowest BCUT2D eigenvalue weighted by atomic mass is 10.2. The van der Waals surface area contributed by atoms with Gasteiger partial charge in [0.25, 0.3) is 5.91 Å². The van der Waals surface area contributed by atoms with E-state index in [0.717, 1.165) is 17.0 Å². The number of nitrogens with zero attached hydrogens (tertiary/aromatic N) is 5. The van der Waals surface area contributed by atoms with Crippen LogP contribution in [-0.4, -0.2) is 37.5 Å². The summed E-state index contributed by atoms with van der Waals surface area (Å²) >= 11 is 0. The third-order valence-electron chi connectivity index (χ3n) is 4.30. The molecular weight excluding hydrogens is 439 g/mol. The first-order chi connectivity index (χ1) is 15.2. The molecule has 0 fully saturated rings. The molecule has 0 aliphatic rings. The molecule has 1 N–H and O–H groups in total. The Hall–Kier alpha value is -4.16. The van der Waals surface area contributed by atoms with Gasteiger partial charge in [-0.15, -0.1) is 0 Å². The van der Waals surface area contributed by atoms with Gasteiger partial charge < -0.3 is 10.1 Å². The van der Waals surface area contributed by atoms with Crippen LogP contribution >= 0.6 is 0 Å². The van der Waals surface area contributed by atoms with Gasteiger partial charge in [-0.05, 0) is 12.1 Å². The molecule has 0 bridgehead atoms. The highest BCUT2D eigenvalue weighted by Gasteiger charge is 2.38. The van der Waals surface area contributed by atoms with Crippen LogP contribution in [0, 0.1) is 11.6 Å². The molecule has 0 atom stereocenters. The minimum absolute atomic E-state index is 0.0134. The molecule has 0 radical (unpaired) electrons. The average molecular weight is 450 g/mol. The van der Waals surface area contributed by atoms with E-state index >= 15 is 0 Å². The number of benzene rings is 1. The van der Waals surface area contributed by atoms with Crippen molar-refractivity contribution in [2.45, 2.75) is 6.18 Å². The highest BCUT2D eigenvalue weighted by atomic mass is 19.4. The number of nitrogens with one attached hydrogen (secondary N) is 1. The Morgan fingerprint density at radius 2 is 1.78 bits per heavy atom. The summed E-state index contributed by atoms with van der Waals surface area (Å²) < 4.78 is 73.9. The smallest absolute Gasteiger partial charge is 0.450 e. The molecule has 8 nitrogen and oxygen atoms in total. The minimum atomic E-state index is -4.81. The fourth-order valence-electron chi connectivity index (χ4n) is 2.92. The van der Waals surface area contributed by atoms with Gasteiger partial charge in [0.05, 0.1) is 42.9 Å². The molecule has 0 saturated heterocycles. The van der Waals surface area contributed by atoms with Crippen molar-refractivity contribution in [1.29, 1.82) is 0 Å². The van der Waals surface area contributed by atoms with Crippen molar-refractivity contribution >= 4 is 22.8 Å². The van der Waals surface area contributed by atoms with Gasteiger partial charge in [0.15, 0.2) is 23.3 Å². The topological polar surface area (TPSA) is 94.8 Å². The lowest BCUT2D eigenvalue weighted by Crippen LogP contribution is -2.18. The van der Waals surface area contributed by atoms with Crippen LogP contribution in [0.5, 0.6) is 5.75 Å². The lowest BCUT2D eigenvalue weighted by Gasteiger charge is -2.11. The van der Waals surface area contributed by atoms with Gasteiger partial charge in [-0.25, -0.2) is 23.7 Å². The normalized spacial score (nSPS) is 11.6. The maximum atomic E-state index is 13.7. The standard InChI is InChI=1S/C19H11F5N6O2/c1-32-9-2-3-13-12(4-9)28-18(19(22,23)24)30(13)15-8-26-14(7-27-15)29-17(31)16-10(20)5-25-6-11(16)21/h2-8H,1H3,(H,26,29,31). The molecule has 0 unspecified atom stereocenters. The Labute approximate surface area is 175 Å². The summed E-state index contributed by atoms with van der Waals surface area (Å²) in [4.78, 5) is 26.8. The number of anilines is 1. The van der Waals surface area contributed by atoms with Gasteiger partial charge in [-0.1, -0.05) is 0 Å².